The van der Waals surface area contributed by atoms with Gasteiger partial charge in [-0.2, -0.15) is 0 Å². The van der Waals surface area contributed by atoms with Crippen LogP contribution >= 0.6 is 0 Å². The van der Waals surface area contributed by atoms with Crippen LogP contribution in [0.15, 0.2) is 29.4 Å². The Morgan fingerprint density at radius 1 is 1.35 bits per heavy atom. The van der Waals surface area contributed by atoms with Gasteiger partial charge in [0.15, 0.2) is 9.84 Å². The molecule has 0 spiro atoms. The first-order valence-corrected chi connectivity index (χ1v) is 7.13. The van der Waals surface area contributed by atoms with Gasteiger partial charge in [-0.1, -0.05) is 29.4 Å². The molecule has 0 amide bonds. The van der Waals surface area contributed by atoms with Gasteiger partial charge in [0.2, 0.25) is 0 Å². The number of hydrogen-bond acceptors (Lipinski definition) is 3. The van der Waals surface area contributed by atoms with Gasteiger partial charge in [-0.3, -0.25) is 0 Å². The highest BCUT2D eigenvalue weighted by Gasteiger charge is 2.12. The maximum atomic E-state index is 11.8. The van der Waals surface area contributed by atoms with Crippen LogP contribution in [0.2, 0.25) is 0 Å². The minimum absolute atomic E-state index is 0.0515. The van der Waals surface area contributed by atoms with Crippen LogP contribution in [-0.4, -0.2) is 20.7 Å². The van der Waals surface area contributed by atoms with E-state index in [-0.39, 0.29) is 18.1 Å². The van der Waals surface area contributed by atoms with Gasteiger partial charge in [0, 0.05) is 11.5 Å². The number of azide groups is 1. The Balaban J connectivity index is 2.61. The lowest BCUT2D eigenvalue weighted by Crippen LogP contribution is -2.11. The van der Waals surface area contributed by atoms with E-state index >= 15 is 0 Å². The smallest absolute Gasteiger partial charge is 0.154 e. The van der Waals surface area contributed by atoms with E-state index in [1.165, 1.54) is 0 Å². The van der Waals surface area contributed by atoms with Gasteiger partial charge in [0.25, 0.3) is 0 Å². The molecule has 0 saturated heterocycles. The maximum Gasteiger partial charge on any atom is 0.154 e. The van der Waals surface area contributed by atoms with Crippen molar-refractivity contribution in [3.63, 3.8) is 0 Å². The fraction of sp³-hybridized carbons (Fsp3) is 0.455. The van der Waals surface area contributed by atoms with Crippen molar-refractivity contribution in [1.29, 1.82) is 0 Å². The SMILES string of the molecule is Cc1ccccc1CS(=O)(=O)CCCN=[N+]=[N-]. The van der Waals surface area contributed by atoms with Crippen molar-refractivity contribution in [2.75, 3.05) is 12.3 Å². The Labute approximate surface area is 101 Å². The standard InChI is InChI=1S/C11H15N3O2S/c1-10-5-2-3-6-11(10)9-17(15,16)8-4-7-13-14-12/h2-3,5-6H,4,7-9H2,1H3. The van der Waals surface area contributed by atoms with Gasteiger partial charge in [-0.05, 0) is 30.0 Å². The van der Waals surface area contributed by atoms with E-state index in [9.17, 15) is 8.42 Å². The van der Waals surface area contributed by atoms with Crippen LogP contribution in [-0.2, 0) is 15.6 Å². The zero-order valence-electron chi connectivity index (χ0n) is 9.70. The molecule has 0 bridgehead atoms. The molecule has 0 aliphatic heterocycles. The molecule has 0 unspecified atom stereocenters. The molecular formula is C11H15N3O2S. The molecule has 1 rings (SSSR count). The summed E-state index contributed by atoms with van der Waals surface area (Å²) in [5.41, 5.74) is 9.88. The number of sulfone groups is 1. The van der Waals surface area contributed by atoms with E-state index in [1.807, 2.05) is 31.2 Å². The molecule has 0 atom stereocenters. The van der Waals surface area contributed by atoms with Crippen LogP contribution in [0.1, 0.15) is 17.5 Å². The lowest BCUT2D eigenvalue weighted by atomic mass is 10.1. The van der Waals surface area contributed by atoms with Gasteiger partial charge in [-0.15, -0.1) is 0 Å². The monoisotopic (exact) mass is 253 g/mol. The second-order valence-electron chi connectivity index (χ2n) is 3.83. The molecule has 5 nitrogen and oxygen atoms in total. The van der Waals surface area contributed by atoms with E-state index in [1.54, 1.807) is 0 Å². The average Bonchev–Trinajstić information content (AvgIpc) is 2.28. The summed E-state index contributed by atoms with van der Waals surface area (Å²) in [6.45, 7) is 2.12. The first-order valence-electron chi connectivity index (χ1n) is 5.31. The Bertz CT molecular complexity index is 519. The zero-order chi connectivity index (χ0) is 12.7. The normalized spacial score (nSPS) is 10.9. The summed E-state index contributed by atoms with van der Waals surface area (Å²) in [6, 6.07) is 7.43. The third-order valence-electron chi connectivity index (χ3n) is 2.41. The van der Waals surface area contributed by atoms with E-state index in [0.717, 1.165) is 11.1 Å². The van der Waals surface area contributed by atoms with Crippen molar-refractivity contribution in [1.82, 2.24) is 0 Å². The number of rotatable bonds is 6. The van der Waals surface area contributed by atoms with Crippen LogP contribution in [0.25, 0.3) is 10.4 Å². The molecule has 1 aromatic carbocycles. The van der Waals surface area contributed by atoms with Crippen molar-refractivity contribution in [2.45, 2.75) is 19.1 Å². The summed E-state index contributed by atoms with van der Waals surface area (Å²) >= 11 is 0. The van der Waals surface area contributed by atoms with Gasteiger partial charge in [-0.25, -0.2) is 8.42 Å². The van der Waals surface area contributed by atoms with Crippen molar-refractivity contribution < 1.29 is 8.42 Å². The average molecular weight is 253 g/mol. The van der Waals surface area contributed by atoms with Crippen molar-refractivity contribution in [3.8, 4) is 0 Å². The maximum absolute atomic E-state index is 11.8. The lowest BCUT2D eigenvalue weighted by molar-refractivity contribution is 0.592. The molecular weight excluding hydrogens is 238 g/mol. The van der Waals surface area contributed by atoms with Crippen molar-refractivity contribution in [2.24, 2.45) is 5.11 Å². The summed E-state index contributed by atoms with van der Waals surface area (Å²) in [4.78, 5) is 2.58. The summed E-state index contributed by atoms with van der Waals surface area (Å²) in [7, 11) is -3.12. The van der Waals surface area contributed by atoms with Gasteiger partial charge < -0.3 is 0 Å². The van der Waals surface area contributed by atoms with Crippen LogP contribution < -0.4 is 0 Å². The number of hydrogen-bond donors (Lipinski definition) is 0. The Morgan fingerprint density at radius 3 is 2.71 bits per heavy atom. The summed E-state index contributed by atoms with van der Waals surface area (Å²) < 4.78 is 23.6. The van der Waals surface area contributed by atoms with Crippen LogP contribution in [0.5, 0.6) is 0 Å². The first-order chi connectivity index (χ1) is 8.05. The highest BCUT2D eigenvalue weighted by atomic mass is 32.2. The minimum atomic E-state index is -3.12. The highest BCUT2D eigenvalue weighted by molar-refractivity contribution is 7.90. The van der Waals surface area contributed by atoms with Gasteiger partial charge in [0.1, 0.15) is 0 Å². The van der Waals surface area contributed by atoms with Crippen molar-refractivity contribution >= 4 is 9.84 Å². The molecule has 0 aliphatic rings. The largest absolute Gasteiger partial charge is 0.228 e. The highest BCUT2D eigenvalue weighted by Crippen LogP contribution is 2.12. The predicted octanol–water partition coefficient (Wildman–Crippen LogP) is 2.61. The van der Waals surface area contributed by atoms with Crippen molar-refractivity contribution in [3.05, 3.63) is 45.8 Å². The second kappa shape index (κ2) is 6.27. The van der Waals surface area contributed by atoms with Gasteiger partial charge >= 0.3 is 0 Å². The predicted molar refractivity (Wildman–Crippen MR) is 67.3 cm³/mol. The third-order valence-corrected chi connectivity index (χ3v) is 4.07. The Kier molecular flexibility index (Phi) is 5.00. The molecule has 0 heterocycles. The molecule has 0 N–H and O–H groups in total. The molecule has 0 aliphatic carbocycles. The quantitative estimate of drug-likeness (QED) is 0.338. The van der Waals surface area contributed by atoms with Crippen LogP contribution in [0.4, 0.5) is 0 Å². The molecule has 92 valence electrons. The third kappa shape index (κ3) is 4.89. The second-order valence-corrected chi connectivity index (χ2v) is 6.01. The Hall–Kier alpha value is -1.52. The first kappa shape index (κ1) is 13.5. The number of nitrogens with zero attached hydrogens (tertiary/aromatic N) is 3. The van der Waals surface area contributed by atoms with Crippen LogP contribution in [0.3, 0.4) is 0 Å². The zero-order valence-corrected chi connectivity index (χ0v) is 10.5. The van der Waals surface area contributed by atoms with E-state index < -0.39 is 9.84 Å². The van der Waals surface area contributed by atoms with E-state index in [4.69, 9.17) is 5.53 Å². The molecule has 17 heavy (non-hydrogen) atoms. The van der Waals surface area contributed by atoms with E-state index in [0.29, 0.717) is 6.42 Å². The molecule has 0 radical (unpaired) electrons. The minimum Gasteiger partial charge on any atom is -0.228 e. The topological polar surface area (TPSA) is 82.9 Å². The number of aryl methyl sites for hydroxylation is 1. The molecule has 0 saturated carbocycles. The molecule has 6 heteroatoms. The fourth-order valence-corrected chi connectivity index (χ4v) is 2.99. The summed E-state index contributed by atoms with van der Waals surface area (Å²) in [5.74, 6) is 0.107. The molecule has 0 aromatic heterocycles. The Morgan fingerprint density at radius 2 is 2.06 bits per heavy atom. The molecule has 1 aromatic rings. The summed E-state index contributed by atoms with van der Waals surface area (Å²) in [6.07, 6.45) is 0.373. The van der Waals surface area contributed by atoms with Crippen LogP contribution in [0, 0.1) is 6.92 Å². The number of benzene rings is 1. The molecule has 0 fully saturated rings. The van der Waals surface area contributed by atoms with Gasteiger partial charge in [0.05, 0.1) is 11.5 Å². The lowest BCUT2D eigenvalue weighted by Gasteiger charge is -2.06. The van der Waals surface area contributed by atoms with E-state index in [2.05, 4.69) is 10.0 Å². The summed E-state index contributed by atoms with van der Waals surface area (Å²) in [5, 5.41) is 3.32. The fourth-order valence-electron chi connectivity index (χ4n) is 1.48.